The van der Waals surface area contributed by atoms with E-state index in [1.807, 2.05) is 60.1 Å². The van der Waals surface area contributed by atoms with E-state index >= 15 is 0 Å². The fourth-order valence-corrected chi connectivity index (χ4v) is 4.45. The number of para-hydroxylation sites is 2. The van der Waals surface area contributed by atoms with Crippen molar-refractivity contribution in [3.8, 4) is 11.8 Å². The molecule has 33 heavy (non-hydrogen) atoms. The molecule has 3 unspecified atom stereocenters. The maximum atomic E-state index is 13.1. The summed E-state index contributed by atoms with van der Waals surface area (Å²) in [5, 5.41) is 16.4. The number of hydrogen-bond acceptors (Lipinski definition) is 4. The summed E-state index contributed by atoms with van der Waals surface area (Å²) in [4.78, 5) is 26.1. The van der Waals surface area contributed by atoms with Crippen molar-refractivity contribution in [1.29, 1.82) is 5.26 Å². The molecule has 1 heterocycles. The Balaban J connectivity index is 1.40. The van der Waals surface area contributed by atoms with Gasteiger partial charge in [0.05, 0.1) is 12.0 Å². The molecule has 0 radical (unpaired) electrons. The molecule has 2 amide bonds. The van der Waals surface area contributed by atoms with E-state index in [9.17, 15) is 14.9 Å². The minimum atomic E-state index is -0.769. The van der Waals surface area contributed by atoms with E-state index < -0.39 is 6.04 Å². The third-order valence-electron chi connectivity index (χ3n) is 6.24. The predicted molar refractivity (Wildman–Crippen MR) is 126 cm³/mol. The van der Waals surface area contributed by atoms with Crippen LogP contribution in [0.4, 0.5) is 0 Å². The average Bonchev–Trinajstić information content (AvgIpc) is 3.19. The van der Waals surface area contributed by atoms with Crippen LogP contribution in [0, 0.1) is 17.2 Å². The Morgan fingerprint density at radius 1 is 1.12 bits per heavy atom. The van der Waals surface area contributed by atoms with Gasteiger partial charge in [0.15, 0.2) is 6.04 Å². The van der Waals surface area contributed by atoms with Crippen LogP contribution in [-0.2, 0) is 11.8 Å². The van der Waals surface area contributed by atoms with Gasteiger partial charge in [-0.3, -0.25) is 9.59 Å². The fraction of sp³-hybridized carbons (Fsp3) is 0.346. The van der Waals surface area contributed by atoms with E-state index in [4.69, 9.17) is 4.74 Å². The number of aryl methyl sites for hydroxylation is 1. The van der Waals surface area contributed by atoms with Crippen molar-refractivity contribution in [2.24, 2.45) is 13.0 Å². The van der Waals surface area contributed by atoms with Crippen LogP contribution in [0.1, 0.15) is 36.2 Å². The van der Waals surface area contributed by atoms with Gasteiger partial charge in [-0.25, -0.2) is 0 Å². The Hall–Kier alpha value is -3.79. The third kappa shape index (κ3) is 5.17. The summed E-state index contributed by atoms with van der Waals surface area (Å²) in [7, 11) is 1.87. The van der Waals surface area contributed by atoms with E-state index in [0.717, 1.165) is 30.2 Å². The Morgan fingerprint density at radius 3 is 2.61 bits per heavy atom. The first kappa shape index (κ1) is 22.4. The fourth-order valence-electron chi connectivity index (χ4n) is 4.45. The number of aromatic nitrogens is 1. The van der Waals surface area contributed by atoms with Gasteiger partial charge < -0.3 is 19.9 Å². The molecule has 4 rings (SSSR count). The monoisotopic (exact) mass is 444 g/mol. The zero-order valence-corrected chi connectivity index (χ0v) is 18.7. The zero-order chi connectivity index (χ0) is 23.2. The van der Waals surface area contributed by atoms with Crippen LogP contribution in [-0.4, -0.2) is 35.1 Å². The molecule has 0 aliphatic heterocycles. The van der Waals surface area contributed by atoms with Gasteiger partial charge in [0.1, 0.15) is 18.1 Å². The van der Waals surface area contributed by atoms with Gasteiger partial charge in [0.25, 0.3) is 5.91 Å². The number of nitrogens with zero attached hydrogens (tertiary/aromatic N) is 2. The van der Waals surface area contributed by atoms with Crippen LogP contribution in [0.25, 0.3) is 10.9 Å². The number of rotatable bonds is 7. The quantitative estimate of drug-likeness (QED) is 0.582. The van der Waals surface area contributed by atoms with Crippen LogP contribution >= 0.6 is 0 Å². The molecule has 7 heteroatoms. The third-order valence-corrected chi connectivity index (χ3v) is 6.24. The molecule has 0 bridgehead atoms. The molecule has 3 atom stereocenters. The second-order valence-corrected chi connectivity index (χ2v) is 8.43. The first-order chi connectivity index (χ1) is 16.1. The second kappa shape index (κ2) is 10.2. The van der Waals surface area contributed by atoms with Gasteiger partial charge in [-0.2, -0.15) is 5.26 Å². The molecular formula is C26H28N4O3. The highest BCUT2D eigenvalue weighted by atomic mass is 16.5. The second-order valence-electron chi connectivity index (χ2n) is 8.43. The first-order valence-corrected chi connectivity index (χ1v) is 11.3. The van der Waals surface area contributed by atoms with E-state index in [-0.39, 0.29) is 30.4 Å². The lowest BCUT2D eigenvalue weighted by atomic mass is 9.83. The van der Waals surface area contributed by atoms with Crippen molar-refractivity contribution < 1.29 is 14.3 Å². The van der Waals surface area contributed by atoms with E-state index in [1.165, 1.54) is 0 Å². The van der Waals surface area contributed by atoms with Gasteiger partial charge in [0.2, 0.25) is 5.91 Å². The van der Waals surface area contributed by atoms with Crippen LogP contribution in [0.2, 0.25) is 0 Å². The van der Waals surface area contributed by atoms with E-state index in [1.54, 1.807) is 12.1 Å². The van der Waals surface area contributed by atoms with Crippen molar-refractivity contribution in [2.75, 3.05) is 6.61 Å². The molecule has 3 aromatic rings. The Bertz CT molecular complexity index is 1170. The number of carbonyl (C=O) groups is 2. The SMILES string of the molecule is Cn1c(C(=O)NC2CCCCC2C(=O)NC(C#N)COc2ccccc2)cc2ccccc21. The van der Waals surface area contributed by atoms with Crippen LogP contribution in [0.3, 0.4) is 0 Å². The highest BCUT2D eigenvalue weighted by Gasteiger charge is 2.33. The predicted octanol–water partition coefficient (Wildman–Crippen LogP) is 3.55. The number of fused-ring (bicyclic) bond motifs is 1. The van der Waals surface area contributed by atoms with Gasteiger partial charge in [-0.15, -0.1) is 0 Å². The number of hydrogen-bond donors (Lipinski definition) is 2. The molecule has 2 aromatic carbocycles. The zero-order valence-electron chi connectivity index (χ0n) is 18.7. The lowest BCUT2D eigenvalue weighted by Gasteiger charge is -2.31. The normalized spacial score (nSPS) is 18.8. The molecule has 7 nitrogen and oxygen atoms in total. The number of nitriles is 1. The van der Waals surface area contributed by atoms with Crippen molar-refractivity contribution >= 4 is 22.7 Å². The minimum Gasteiger partial charge on any atom is -0.490 e. The molecule has 2 N–H and O–H groups in total. The highest BCUT2D eigenvalue weighted by Crippen LogP contribution is 2.26. The molecular weight excluding hydrogens is 416 g/mol. The lowest BCUT2D eigenvalue weighted by molar-refractivity contribution is -0.127. The molecule has 1 fully saturated rings. The number of amides is 2. The highest BCUT2D eigenvalue weighted by molar-refractivity contribution is 5.99. The minimum absolute atomic E-state index is 0.0614. The molecule has 0 spiro atoms. The Morgan fingerprint density at radius 2 is 1.85 bits per heavy atom. The van der Waals surface area contributed by atoms with Crippen molar-refractivity contribution in [3.05, 3.63) is 66.4 Å². The summed E-state index contributed by atoms with van der Waals surface area (Å²) < 4.78 is 7.50. The topological polar surface area (TPSA) is 96.2 Å². The summed E-state index contributed by atoms with van der Waals surface area (Å²) >= 11 is 0. The molecule has 1 aliphatic carbocycles. The number of nitrogens with one attached hydrogen (secondary N) is 2. The largest absolute Gasteiger partial charge is 0.490 e. The first-order valence-electron chi connectivity index (χ1n) is 11.3. The summed E-state index contributed by atoms with van der Waals surface area (Å²) in [5.41, 5.74) is 1.54. The smallest absolute Gasteiger partial charge is 0.268 e. The molecule has 170 valence electrons. The lowest BCUT2D eigenvalue weighted by Crippen LogP contribution is -2.51. The molecule has 1 aromatic heterocycles. The maximum Gasteiger partial charge on any atom is 0.268 e. The van der Waals surface area contributed by atoms with E-state index in [0.29, 0.717) is 17.9 Å². The summed E-state index contributed by atoms with van der Waals surface area (Å²) in [6, 6.07) is 19.9. The Labute approximate surface area is 193 Å². The van der Waals surface area contributed by atoms with Crippen LogP contribution < -0.4 is 15.4 Å². The standard InChI is InChI=1S/C26H28N4O3/c1-30-23-14-8-5-9-18(23)15-24(30)26(32)29-22-13-7-6-12-21(22)25(31)28-19(16-27)17-33-20-10-3-2-4-11-20/h2-5,8-11,14-15,19,21-22H,6-7,12-13,17H2,1H3,(H,28,31)(H,29,32). The molecule has 1 aliphatic rings. The van der Waals surface area contributed by atoms with Gasteiger partial charge in [0, 0.05) is 24.0 Å². The van der Waals surface area contributed by atoms with Gasteiger partial charge in [-0.1, -0.05) is 49.2 Å². The van der Waals surface area contributed by atoms with Gasteiger partial charge >= 0.3 is 0 Å². The summed E-state index contributed by atoms with van der Waals surface area (Å²) in [5.74, 6) is -0.155. The van der Waals surface area contributed by atoms with Gasteiger partial charge in [-0.05, 0) is 37.1 Å². The molecule has 1 saturated carbocycles. The number of ether oxygens (including phenoxy) is 1. The van der Waals surface area contributed by atoms with Crippen molar-refractivity contribution in [2.45, 2.75) is 37.8 Å². The number of carbonyl (C=O) groups excluding carboxylic acids is 2. The average molecular weight is 445 g/mol. The Kier molecular flexibility index (Phi) is 6.94. The summed E-state index contributed by atoms with van der Waals surface area (Å²) in [6.45, 7) is 0.0614. The van der Waals surface area contributed by atoms with Crippen LogP contribution in [0.5, 0.6) is 5.75 Å². The summed E-state index contributed by atoms with van der Waals surface area (Å²) in [6.07, 6.45) is 3.26. The maximum absolute atomic E-state index is 13.1. The number of benzene rings is 2. The van der Waals surface area contributed by atoms with Crippen LogP contribution in [0.15, 0.2) is 60.7 Å². The van der Waals surface area contributed by atoms with Crippen molar-refractivity contribution in [1.82, 2.24) is 15.2 Å². The van der Waals surface area contributed by atoms with Crippen molar-refractivity contribution in [3.63, 3.8) is 0 Å². The molecule has 0 saturated heterocycles. The van der Waals surface area contributed by atoms with E-state index in [2.05, 4.69) is 16.7 Å².